The van der Waals surface area contributed by atoms with Crippen molar-refractivity contribution in [2.75, 3.05) is 27.2 Å². The smallest absolute Gasteiger partial charge is 0.251 e. The van der Waals surface area contributed by atoms with Gasteiger partial charge in [0.05, 0.1) is 0 Å². The Balaban J connectivity index is 1.82. The second-order valence-corrected chi connectivity index (χ2v) is 6.37. The molecule has 1 saturated carbocycles. The first-order chi connectivity index (χ1) is 10.2. The van der Waals surface area contributed by atoms with Gasteiger partial charge in [-0.25, -0.2) is 0 Å². The predicted octanol–water partition coefficient (Wildman–Crippen LogP) is 3.42. The second-order valence-electron chi connectivity index (χ2n) is 6.37. The van der Waals surface area contributed by atoms with E-state index in [9.17, 15) is 4.79 Å². The Hall–Kier alpha value is -1.35. The molecule has 0 saturated heterocycles. The lowest BCUT2D eigenvalue weighted by atomic mass is 9.84. The first-order valence-electron chi connectivity index (χ1n) is 8.19. The molecule has 3 nitrogen and oxygen atoms in total. The van der Waals surface area contributed by atoms with Crippen molar-refractivity contribution in [3.63, 3.8) is 0 Å². The molecular weight excluding hydrogens is 260 g/mol. The predicted molar refractivity (Wildman–Crippen MR) is 87.8 cm³/mol. The first-order valence-corrected chi connectivity index (χ1v) is 8.19. The molecule has 1 aromatic carbocycles. The van der Waals surface area contributed by atoms with Crippen molar-refractivity contribution in [2.24, 2.45) is 0 Å². The Morgan fingerprint density at radius 1 is 1.14 bits per heavy atom. The molecule has 21 heavy (non-hydrogen) atoms. The summed E-state index contributed by atoms with van der Waals surface area (Å²) in [7, 11) is 4.09. The monoisotopic (exact) mass is 288 g/mol. The van der Waals surface area contributed by atoms with Crippen LogP contribution in [0.25, 0.3) is 0 Å². The van der Waals surface area contributed by atoms with Gasteiger partial charge in [0.15, 0.2) is 0 Å². The number of nitrogens with one attached hydrogen (secondary N) is 1. The average Bonchev–Trinajstić information content (AvgIpc) is 2.52. The third-order valence-corrected chi connectivity index (χ3v) is 4.32. The van der Waals surface area contributed by atoms with Gasteiger partial charge in [0.2, 0.25) is 0 Å². The highest BCUT2D eigenvalue weighted by atomic mass is 16.1. The van der Waals surface area contributed by atoms with E-state index in [1.54, 1.807) is 0 Å². The summed E-state index contributed by atoms with van der Waals surface area (Å²) in [6, 6.07) is 8.24. The maximum atomic E-state index is 12.1. The number of carbonyl (C=O) groups is 1. The molecule has 0 atom stereocenters. The van der Waals surface area contributed by atoms with Crippen LogP contribution in [0.1, 0.15) is 60.4 Å². The topological polar surface area (TPSA) is 32.3 Å². The minimum Gasteiger partial charge on any atom is -0.352 e. The molecule has 0 aromatic heterocycles. The third-order valence-electron chi connectivity index (χ3n) is 4.32. The quantitative estimate of drug-likeness (QED) is 0.814. The van der Waals surface area contributed by atoms with Crippen LogP contribution in [-0.4, -0.2) is 38.0 Å². The molecule has 0 heterocycles. The number of benzene rings is 1. The van der Waals surface area contributed by atoms with Gasteiger partial charge in [-0.1, -0.05) is 31.4 Å². The van der Waals surface area contributed by atoms with E-state index in [0.29, 0.717) is 5.92 Å². The van der Waals surface area contributed by atoms with Gasteiger partial charge < -0.3 is 10.2 Å². The number of hydrogen-bond acceptors (Lipinski definition) is 2. The van der Waals surface area contributed by atoms with E-state index in [4.69, 9.17) is 0 Å². The van der Waals surface area contributed by atoms with Crippen LogP contribution >= 0.6 is 0 Å². The van der Waals surface area contributed by atoms with E-state index in [2.05, 4.69) is 22.3 Å². The summed E-state index contributed by atoms with van der Waals surface area (Å²) in [6.45, 7) is 1.74. The van der Waals surface area contributed by atoms with Gasteiger partial charge in [-0.15, -0.1) is 0 Å². The molecule has 1 fully saturated rings. The van der Waals surface area contributed by atoms with Crippen LogP contribution in [0.3, 0.4) is 0 Å². The SMILES string of the molecule is CN(C)CCCNC(=O)c1ccc(C2CCCCC2)cc1. The Bertz CT molecular complexity index is 433. The maximum Gasteiger partial charge on any atom is 0.251 e. The van der Waals surface area contributed by atoms with E-state index in [0.717, 1.165) is 25.1 Å². The fraction of sp³-hybridized carbons (Fsp3) is 0.611. The summed E-state index contributed by atoms with van der Waals surface area (Å²) < 4.78 is 0. The van der Waals surface area contributed by atoms with Crippen LogP contribution in [0.5, 0.6) is 0 Å². The van der Waals surface area contributed by atoms with Crippen LogP contribution in [0.15, 0.2) is 24.3 Å². The third kappa shape index (κ3) is 5.16. The highest BCUT2D eigenvalue weighted by molar-refractivity contribution is 5.94. The van der Waals surface area contributed by atoms with E-state index in [1.165, 1.54) is 37.7 Å². The van der Waals surface area contributed by atoms with Crippen LogP contribution in [0.4, 0.5) is 0 Å². The van der Waals surface area contributed by atoms with E-state index in [-0.39, 0.29) is 5.91 Å². The molecule has 1 aromatic rings. The van der Waals surface area contributed by atoms with Crippen molar-refractivity contribution in [1.29, 1.82) is 0 Å². The van der Waals surface area contributed by atoms with Crippen LogP contribution in [0, 0.1) is 0 Å². The van der Waals surface area contributed by atoms with Crippen molar-refractivity contribution in [2.45, 2.75) is 44.4 Å². The zero-order valence-corrected chi connectivity index (χ0v) is 13.4. The lowest BCUT2D eigenvalue weighted by molar-refractivity contribution is 0.0952. The molecule has 0 aliphatic heterocycles. The van der Waals surface area contributed by atoms with Crippen molar-refractivity contribution in [3.8, 4) is 0 Å². The van der Waals surface area contributed by atoms with Gasteiger partial charge in [-0.2, -0.15) is 0 Å². The van der Waals surface area contributed by atoms with Crippen LogP contribution < -0.4 is 5.32 Å². The van der Waals surface area contributed by atoms with Gasteiger partial charge >= 0.3 is 0 Å². The Morgan fingerprint density at radius 3 is 2.43 bits per heavy atom. The van der Waals surface area contributed by atoms with E-state index in [1.807, 2.05) is 26.2 Å². The second kappa shape index (κ2) is 8.18. The lowest BCUT2D eigenvalue weighted by Gasteiger charge is -2.22. The largest absolute Gasteiger partial charge is 0.352 e. The van der Waals surface area contributed by atoms with Crippen LogP contribution in [-0.2, 0) is 0 Å². The van der Waals surface area contributed by atoms with Crippen molar-refractivity contribution in [3.05, 3.63) is 35.4 Å². The minimum atomic E-state index is 0.0453. The maximum absolute atomic E-state index is 12.1. The lowest BCUT2D eigenvalue weighted by Crippen LogP contribution is -2.27. The summed E-state index contributed by atoms with van der Waals surface area (Å²) in [6.07, 6.45) is 7.66. The van der Waals surface area contributed by atoms with Crippen LogP contribution in [0.2, 0.25) is 0 Å². The van der Waals surface area contributed by atoms with Gasteiger partial charge in [0.1, 0.15) is 0 Å². The van der Waals surface area contributed by atoms with E-state index >= 15 is 0 Å². The Labute approximate surface area is 128 Å². The zero-order chi connectivity index (χ0) is 15.1. The molecule has 2 rings (SSSR count). The van der Waals surface area contributed by atoms with Gasteiger partial charge in [-0.3, -0.25) is 4.79 Å². The van der Waals surface area contributed by atoms with Gasteiger partial charge in [0, 0.05) is 12.1 Å². The summed E-state index contributed by atoms with van der Waals surface area (Å²) in [5.74, 6) is 0.750. The molecule has 116 valence electrons. The summed E-state index contributed by atoms with van der Waals surface area (Å²) >= 11 is 0. The van der Waals surface area contributed by atoms with Crippen molar-refractivity contribution >= 4 is 5.91 Å². The number of nitrogens with zero attached hydrogens (tertiary/aromatic N) is 1. The normalized spacial score (nSPS) is 16.1. The van der Waals surface area contributed by atoms with E-state index < -0.39 is 0 Å². The number of amides is 1. The average molecular weight is 288 g/mol. The standard InChI is InChI=1S/C18H28N2O/c1-20(2)14-6-13-19-18(21)17-11-9-16(10-12-17)15-7-4-3-5-8-15/h9-12,15H,3-8,13-14H2,1-2H3,(H,19,21). The highest BCUT2D eigenvalue weighted by Gasteiger charge is 2.15. The van der Waals surface area contributed by atoms with Gasteiger partial charge in [0.25, 0.3) is 5.91 Å². The number of carbonyl (C=O) groups excluding carboxylic acids is 1. The number of hydrogen-bond donors (Lipinski definition) is 1. The molecule has 3 heteroatoms. The summed E-state index contributed by atoms with van der Waals surface area (Å²) in [5, 5.41) is 2.99. The van der Waals surface area contributed by atoms with Crippen molar-refractivity contribution in [1.82, 2.24) is 10.2 Å². The molecule has 1 amide bonds. The fourth-order valence-corrected chi connectivity index (χ4v) is 3.04. The van der Waals surface area contributed by atoms with Crippen molar-refractivity contribution < 1.29 is 4.79 Å². The Kier molecular flexibility index (Phi) is 6.24. The Morgan fingerprint density at radius 2 is 1.81 bits per heavy atom. The molecule has 1 aliphatic rings. The molecular formula is C18H28N2O. The first kappa shape index (κ1) is 16.0. The summed E-state index contributed by atoms with van der Waals surface area (Å²) in [5.41, 5.74) is 2.18. The fourth-order valence-electron chi connectivity index (χ4n) is 3.04. The molecule has 0 bridgehead atoms. The highest BCUT2D eigenvalue weighted by Crippen LogP contribution is 2.32. The van der Waals surface area contributed by atoms with Gasteiger partial charge in [-0.05, 0) is 63.5 Å². The zero-order valence-electron chi connectivity index (χ0n) is 13.4. The number of rotatable bonds is 6. The molecule has 1 aliphatic carbocycles. The summed E-state index contributed by atoms with van der Waals surface area (Å²) in [4.78, 5) is 14.2. The minimum absolute atomic E-state index is 0.0453. The molecule has 0 unspecified atom stereocenters. The molecule has 0 radical (unpaired) electrons. The molecule has 1 N–H and O–H groups in total. The molecule has 0 spiro atoms.